The second kappa shape index (κ2) is 5.96. The van der Waals surface area contributed by atoms with Crippen LogP contribution in [0.4, 0.5) is 0 Å². The molecule has 0 aromatic heterocycles. The van der Waals surface area contributed by atoms with Gasteiger partial charge in [0, 0.05) is 0 Å². The van der Waals surface area contributed by atoms with Gasteiger partial charge >= 0.3 is 91.7 Å². The van der Waals surface area contributed by atoms with Crippen molar-refractivity contribution in [2.24, 2.45) is 10.7 Å². The van der Waals surface area contributed by atoms with Crippen LogP contribution in [-0.2, 0) is 0 Å². The van der Waals surface area contributed by atoms with Crippen LogP contribution in [0.25, 0.3) is 0 Å². The Balaban J connectivity index is 2.28. The van der Waals surface area contributed by atoms with E-state index >= 15 is 0 Å². The molecule has 0 amide bonds. The van der Waals surface area contributed by atoms with Gasteiger partial charge in [-0.15, -0.1) is 0 Å². The van der Waals surface area contributed by atoms with E-state index in [0.717, 1.165) is 3.92 Å². The summed E-state index contributed by atoms with van der Waals surface area (Å²) in [6, 6.07) is 0.648. The van der Waals surface area contributed by atoms with Gasteiger partial charge in [0.25, 0.3) is 0 Å². The summed E-state index contributed by atoms with van der Waals surface area (Å²) in [7, 11) is 0. The van der Waals surface area contributed by atoms with E-state index in [-0.39, 0.29) is 0 Å². The van der Waals surface area contributed by atoms with E-state index in [9.17, 15) is 0 Å². The maximum absolute atomic E-state index is 6.04. The van der Waals surface area contributed by atoms with Crippen LogP contribution >= 0.6 is 0 Å². The van der Waals surface area contributed by atoms with Crippen LogP contribution in [0.5, 0.6) is 0 Å². The molecule has 2 nitrogen and oxygen atoms in total. The van der Waals surface area contributed by atoms with Gasteiger partial charge in [0.2, 0.25) is 0 Å². The van der Waals surface area contributed by atoms with Gasteiger partial charge in [-0.25, -0.2) is 0 Å². The molecule has 3 heteroatoms. The minimum absolute atomic E-state index is 0.299. The number of halogens is 1. The Morgan fingerprint density at radius 2 is 2.31 bits per heavy atom. The third-order valence-electron chi connectivity index (χ3n) is 2.55. The summed E-state index contributed by atoms with van der Waals surface area (Å²) in [5.41, 5.74) is 6.04. The van der Waals surface area contributed by atoms with Gasteiger partial charge in [0.1, 0.15) is 0 Å². The van der Waals surface area contributed by atoms with Gasteiger partial charge in [-0.05, 0) is 0 Å². The van der Waals surface area contributed by atoms with Crippen molar-refractivity contribution in [3.05, 3.63) is 0 Å². The fraction of sp³-hybridized carbons (Fsp3) is 0.900. The van der Waals surface area contributed by atoms with Gasteiger partial charge in [-0.1, -0.05) is 0 Å². The number of hydrogen-bond acceptors (Lipinski definition) is 2. The van der Waals surface area contributed by atoms with E-state index in [1.165, 1.54) is 30.1 Å². The zero-order chi connectivity index (χ0) is 9.68. The number of aliphatic imine (C=N–C) groups is 1. The second-order valence-corrected chi connectivity index (χ2v) is 7.39. The molecule has 0 radical (unpaired) electrons. The molecule has 0 aromatic rings. The number of alkyl halides is 2. The quantitative estimate of drug-likeness (QED) is 0.380. The molecule has 0 bridgehead atoms. The zero-order valence-electron chi connectivity index (χ0n) is 8.38. The summed E-state index contributed by atoms with van der Waals surface area (Å²) in [6.07, 6.45) is 5.09. The summed E-state index contributed by atoms with van der Waals surface area (Å²) in [6.45, 7) is 5.88. The number of nitrogens with zero attached hydrogens (tertiary/aromatic N) is 1. The Labute approximate surface area is 91.6 Å². The normalized spacial score (nSPS) is 34.8. The Bertz CT molecular complexity index is 161. The Hall–Kier alpha value is 0.360. The SMILES string of the molecule is C=NC1CCC([I-]CCC)CC1N. The summed E-state index contributed by atoms with van der Waals surface area (Å²) >= 11 is 0.410. The molecule has 13 heavy (non-hydrogen) atoms. The summed E-state index contributed by atoms with van der Waals surface area (Å²) < 4.78 is 2.43. The average molecular weight is 295 g/mol. The van der Waals surface area contributed by atoms with Crippen LogP contribution in [0.3, 0.4) is 0 Å². The molecule has 0 saturated heterocycles. The standard InChI is InChI=1S/C10H20IN2/c1-3-6-11-8-4-5-10(13-2)9(12)7-8/h8-10H,2-7,12H2,1H3/q-1. The van der Waals surface area contributed by atoms with Crippen molar-refractivity contribution in [1.29, 1.82) is 0 Å². The summed E-state index contributed by atoms with van der Waals surface area (Å²) in [5, 5.41) is 0. The van der Waals surface area contributed by atoms with E-state index in [2.05, 4.69) is 18.6 Å². The van der Waals surface area contributed by atoms with E-state index < -0.39 is 0 Å². The van der Waals surface area contributed by atoms with Crippen molar-refractivity contribution >= 4 is 6.72 Å². The Morgan fingerprint density at radius 3 is 2.85 bits per heavy atom. The average Bonchev–Trinajstić information content (AvgIpc) is 2.15. The van der Waals surface area contributed by atoms with E-state index in [1.54, 1.807) is 0 Å². The molecule has 3 unspecified atom stereocenters. The van der Waals surface area contributed by atoms with Crippen LogP contribution in [0.15, 0.2) is 4.99 Å². The van der Waals surface area contributed by atoms with E-state index in [0.29, 0.717) is 33.3 Å². The van der Waals surface area contributed by atoms with Crippen molar-refractivity contribution in [3.63, 3.8) is 0 Å². The van der Waals surface area contributed by atoms with Crippen LogP contribution in [0.1, 0.15) is 32.6 Å². The molecule has 1 rings (SSSR count). The topological polar surface area (TPSA) is 38.4 Å². The molecule has 0 aromatic carbocycles. The van der Waals surface area contributed by atoms with Gasteiger partial charge < -0.3 is 0 Å². The van der Waals surface area contributed by atoms with Crippen molar-refractivity contribution in [2.75, 3.05) is 4.43 Å². The van der Waals surface area contributed by atoms with Gasteiger partial charge in [0.05, 0.1) is 0 Å². The van der Waals surface area contributed by atoms with Crippen molar-refractivity contribution in [3.8, 4) is 0 Å². The molecule has 1 aliphatic carbocycles. The predicted molar refractivity (Wildman–Crippen MR) is 54.1 cm³/mol. The molecule has 2 N–H and O–H groups in total. The maximum atomic E-state index is 6.04. The third kappa shape index (κ3) is 3.54. The Morgan fingerprint density at radius 1 is 1.54 bits per heavy atom. The van der Waals surface area contributed by atoms with Crippen LogP contribution < -0.4 is 26.9 Å². The summed E-state index contributed by atoms with van der Waals surface area (Å²) in [4.78, 5) is 4.08. The van der Waals surface area contributed by atoms with Crippen molar-refractivity contribution < 1.29 is 21.2 Å². The van der Waals surface area contributed by atoms with Crippen LogP contribution in [0, 0.1) is 0 Å². The third-order valence-corrected chi connectivity index (χ3v) is 6.63. The number of nitrogens with two attached hydrogens (primary N) is 1. The first kappa shape index (κ1) is 11.4. The molecular weight excluding hydrogens is 275 g/mol. The first-order chi connectivity index (χ1) is 6.27. The first-order valence-corrected chi connectivity index (χ1v) is 7.84. The van der Waals surface area contributed by atoms with Crippen molar-refractivity contribution in [2.45, 2.75) is 48.6 Å². The molecule has 1 saturated carbocycles. The van der Waals surface area contributed by atoms with E-state index in [4.69, 9.17) is 5.73 Å². The second-order valence-electron chi connectivity index (χ2n) is 3.67. The fourth-order valence-electron chi connectivity index (χ4n) is 1.77. The number of rotatable bonds is 4. The Kier molecular flexibility index (Phi) is 5.24. The van der Waals surface area contributed by atoms with E-state index in [1.807, 2.05) is 0 Å². The molecule has 0 heterocycles. The van der Waals surface area contributed by atoms with Crippen molar-refractivity contribution in [1.82, 2.24) is 0 Å². The molecule has 1 fully saturated rings. The molecule has 1 aliphatic rings. The number of hydrogen-bond donors (Lipinski definition) is 1. The molecule has 0 aliphatic heterocycles. The first-order valence-electron chi connectivity index (χ1n) is 5.07. The van der Waals surface area contributed by atoms with Gasteiger partial charge in [0.15, 0.2) is 0 Å². The molecular formula is C10H20IN2-. The molecule has 0 spiro atoms. The van der Waals surface area contributed by atoms with Crippen LogP contribution in [0.2, 0.25) is 0 Å². The summed E-state index contributed by atoms with van der Waals surface area (Å²) in [5.74, 6) is 0. The van der Waals surface area contributed by atoms with Crippen LogP contribution in [-0.4, -0.2) is 27.2 Å². The minimum atomic E-state index is 0.299. The monoisotopic (exact) mass is 295 g/mol. The zero-order valence-corrected chi connectivity index (χ0v) is 10.5. The fourth-order valence-corrected chi connectivity index (χ4v) is 5.02. The van der Waals surface area contributed by atoms with Gasteiger partial charge in [-0.2, -0.15) is 0 Å². The molecule has 78 valence electrons. The predicted octanol–water partition coefficient (Wildman–Crippen LogP) is -1.57. The molecule has 3 atom stereocenters. The van der Waals surface area contributed by atoms with Gasteiger partial charge in [-0.3, -0.25) is 0 Å².